The van der Waals surface area contributed by atoms with Crippen LogP contribution in [0.15, 0.2) is 6.33 Å². The second-order valence-corrected chi connectivity index (χ2v) is 10.8. The molecule has 2 saturated heterocycles. The molecular formula is C17H23N4O2S2+. The molecule has 2 aromatic heterocycles. The van der Waals surface area contributed by atoms with Crippen molar-refractivity contribution in [1.82, 2.24) is 9.97 Å². The zero-order chi connectivity index (χ0) is 17.0. The highest BCUT2D eigenvalue weighted by atomic mass is 32.2. The molecule has 2 fully saturated rings. The summed E-state index contributed by atoms with van der Waals surface area (Å²) in [5, 5.41) is 1.28. The van der Waals surface area contributed by atoms with Crippen molar-refractivity contribution >= 4 is 37.2 Å². The molecule has 0 bridgehead atoms. The van der Waals surface area contributed by atoms with Crippen LogP contribution in [-0.4, -0.2) is 62.1 Å². The Balaban J connectivity index is 1.37. The number of thiophene rings is 1. The van der Waals surface area contributed by atoms with Gasteiger partial charge in [-0.25, -0.2) is 18.4 Å². The van der Waals surface area contributed by atoms with E-state index in [2.05, 4.69) is 14.9 Å². The first-order chi connectivity index (χ1) is 12.1. The molecule has 0 spiro atoms. The summed E-state index contributed by atoms with van der Waals surface area (Å²) in [5.41, 5.74) is 1.48. The van der Waals surface area contributed by atoms with Crippen molar-refractivity contribution in [2.75, 3.05) is 42.6 Å². The highest BCUT2D eigenvalue weighted by molar-refractivity contribution is 7.91. The Morgan fingerprint density at radius 3 is 2.80 bits per heavy atom. The molecule has 2 aliphatic heterocycles. The van der Waals surface area contributed by atoms with Gasteiger partial charge in [0.05, 0.1) is 37.3 Å². The number of fused-ring (bicyclic) bond motifs is 3. The zero-order valence-electron chi connectivity index (χ0n) is 14.2. The number of nitrogens with zero attached hydrogens (tertiary/aromatic N) is 3. The summed E-state index contributed by atoms with van der Waals surface area (Å²) in [5.74, 6) is 1.85. The molecule has 0 unspecified atom stereocenters. The monoisotopic (exact) mass is 379 g/mol. The second-order valence-electron chi connectivity index (χ2n) is 7.48. The SMILES string of the molecule is O=S1(=O)CC[C@@H]([NH+]2CCN(c3ncnc4sc5c(c34)CCC5)CC2)C1. The van der Waals surface area contributed by atoms with E-state index < -0.39 is 9.84 Å². The molecule has 6 nitrogen and oxygen atoms in total. The molecule has 0 radical (unpaired) electrons. The molecule has 8 heteroatoms. The predicted octanol–water partition coefficient (Wildman–Crippen LogP) is 0.0720. The largest absolute Gasteiger partial charge is 0.345 e. The van der Waals surface area contributed by atoms with E-state index in [-0.39, 0.29) is 0 Å². The van der Waals surface area contributed by atoms with Gasteiger partial charge in [-0.2, -0.15) is 0 Å². The minimum Gasteiger partial charge on any atom is -0.345 e. The normalized spacial score (nSPS) is 26.4. The van der Waals surface area contributed by atoms with E-state index in [1.54, 1.807) is 6.33 Å². The van der Waals surface area contributed by atoms with E-state index >= 15 is 0 Å². The van der Waals surface area contributed by atoms with Crippen LogP contribution in [-0.2, 0) is 22.7 Å². The highest BCUT2D eigenvalue weighted by Crippen LogP contribution is 2.40. The number of hydrogen-bond acceptors (Lipinski definition) is 6. The molecule has 2 aromatic rings. The molecule has 1 aliphatic carbocycles. The van der Waals surface area contributed by atoms with Crippen molar-refractivity contribution in [2.24, 2.45) is 0 Å². The van der Waals surface area contributed by atoms with Gasteiger partial charge in [0.15, 0.2) is 9.84 Å². The van der Waals surface area contributed by atoms with E-state index in [1.807, 2.05) is 11.3 Å². The Labute approximate surface area is 151 Å². The number of sulfone groups is 1. The average Bonchev–Trinajstić information content (AvgIpc) is 3.28. The van der Waals surface area contributed by atoms with E-state index in [9.17, 15) is 8.42 Å². The first-order valence-corrected chi connectivity index (χ1v) is 11.8. The molecule has 1 N–H and O–H groups in total. The lowest BCUT2D eigenvalue weighted by atomic mass is 10.1. The quantitative estimate of drug-likeness (QED) is 0.800. The van der Waals surface area contributed by atoms with Crippen LogP contribution in [0.2, 0.25) is 0 Å². The summed E-state index contributed by atoms with van der Waals surface area (Å²) >= 11 is 1.84. The molecule has 0 aromatic carbocycles. The lowest BCUT2D eigenvalue weighted by Crippen LogP contribution is -3.18. The van der Waals surface area contributed by atoms with Crippen LogP contribution in [0.1, 0.15) is 23.3 Å². The number of rotatable bonds is 2. The van der Waals surface area contributed by atoms with Crippen molar-refractivity contribution in [3.63, 3.8) is 0 Å². The van der Waals surface area contributed by atoms with Crippen LogP contribution >= 0.6 is 11.3 Å². The van der Waals surface area contributed by atoms with Gasteiger partial charge in [0, 0.05) is 11.3 Å². The number of piperazine rings is 1. The van der Waals surface area contributed by atoms with E-state index in [4.69, 9.17) is 0 Å². The number of hydrogen-bond donors (Lipinski definition) is 1. The maximum Gasteiger partial charge on any atom is 0.156 e. The minimum atomic E-state index is -2.79. The van der Waals surface area contributed by atoms with Crippen LogP contribution in [0.25, 0.3) is 10.2 Å². The Hall–Kier alpha value is -1.25. The van der Waals surface area contributed by atoms with E-state index in [0.29, 0.717) is 17.5 Å². The van der Waals surface area contributed by atoms with Gasteiger partial charge in [0.1, 0.15) is 28.8 Å². The number of aromatic nitrogens is 2. The molecule has 134 valence electrons. The van der Waals surface area contributed by atoms with Gasteiger partial charge in [-0.3, -0.25) is 0 Å². The lowest BCUT2D eigenvalue weighted by Gasteiger charge is -2.35. The first-order valence-electron chi connectivity index (χ1n) is 9.16. The fourth-order valence-corrected chi connectivity index (χ4v) is 7.73. The van der Waals surface area contributed by atoms with Gasteiger partial charge < -0.3 is 9.80 Å². The lowest BCUT2D eigenvalue weighted by molar-refractivity contribution is -0.922. The average molecular weight is 380 g/mol. The van der Waals surface area contributed by atoms with Crippen molar-refractivity contribution in [3.8, 4) is 0 Å². The highest BCUT2D eigenvalue weighted by Gasteiger charge is 2.37. The number of aryl methyl sites for hydroxylation is 2. The van der Waals surface area contributed by atoms with Gasteiger partial charge in [-0.1, -0.05) is 0 Å². The summed E-state index contributed by atoms with van der Waals surface area (Å²) in [6, 6.07) is 0.294. The van der Waals surface area contributed by atoms with Gasteiger partial charge in [-0.05, 0) is 24.8 Å². The van der Waals surface area contributed by atoms with Crippen LogP contribution < -0.4 is 9.80 Å². The van der Waals surface area contributed by atoms with Gasteiger partial charge >= 0.3 is 0 Å². The van der Waals surface area contributed by atoms with Crippen molar-refractivity contribution in [3.05, 3.63) is 16.8 Å². The summed E-state index contributed by atoms with van der Waals surface area (Å²) in [6.45, 7) is 3.89. The Bertz CT molecular complexity index is 916. The maximum atomic E-state index is 11.8. The predicted molar refractivity (Wildman–Crippen MR) is 99.4 cm³/mol. The Morgan fingerprint density at radius 2 is 2.04 bits per heavy atom. The molecule has 1 atom stereocenters. The maximum absolute atomic E-state index is 11.8. The number of nitrogens with one attached hydrogen (secondary N) is 1. The zero-order valence-corrected chi connectivity index (χ0v) is 15.8. The van der Waals surface area contributed by atoms with Gasteiger partial charge in [0.2, 0.25) is 0 Å². The summed E-state index contributed by atoms with van der Waals surface area (Å²) in [6.07, 6.45) is 6.11. The van der Waals surface area contributed by atoms with Crippen molar-refractivity contribution < 1.29 is 13.3 Å². The standard InChI is InChI=1S/C17H22N4O2S2/c22-25(23)9-4-12(10-25)20-5-7-21(8-6-20)16-15-13-2-1-3-14(13)24-17(15)19-11-18-16/h11-12H,1-10H2/p+1/t12-/m1/s1. The van der Waals surface area contributed by atoms with E-state index in [0.717, 1.165) is 49.7 Å². The van der Waals surface area contributed by atoms with Gasteiger partial charge in [0.25, 0.3) is 0 Å². The number of quaternary nitrogens is 1. The third kappa shape index (κ3) is 2.74. The molecule has 25 heavy (non-hydrogen) atoms. The summed E-state index contributed by atoms with van der Waals surface area (Å²) in [7, 11) is -2.79. The van der Waals surface area contributed by atoms with Crippen LogP contribution in [0.5, 0.6) is 0 Å². The van der Waals surface area contributed by atoms with E-state index in [1.165, 1.54) is 33.6 Å². The Kier molecular flexibility index (Phi) is 3.76. The third-order valence-electron chi connectivity index (χ3n) is 6.00. The molecule has 0 amide bonds. The first kappa shape index (κ1) is 16.0. The minimum absolute atomic E-state index is 0.294. The van der Waals surface area contributed by atoms with Crippen LogP contribution in [0.3, 0.4) is 0 Å². The molecular weight excluding hydrogens is 356 g/mol. The van der Waals surface area contributed by atoms with Crippen LogP contribution in [0, 0.1) is 0 Å². The van der Waals surface area contributed by atoms with Crippen molar-refractivity contribution in [1.29, 1.82) is 0 Å². The topological polar surface area (TPSA) is 67.6 Å². The summed E-state index contributed by atoms with van der Waals surface area (Å²) in [4.78, 5) is 15.6. The van der Waals surface area contributed by atoms with Gasteiger partial charge in [-0.15, -0.1) is 11.3 Å². The summed E-state index contributed by atoms with van der Waals surface area (Å²) < 4.78 is 23.5. The molecule has 0 saturated carbocycles. The fraction of sp³-hybridized carbons (Fsp3) is 0.647. The second kappa shape index (κ2) is 5.89. The molecule has 3 aliphatic rings. The van der Waals surface area contributed by atoms with Crippen molar-refractivity contribution in [2.45, 2.75) is 31.7 Å². The molecule has 5 rings (SSSR count). The Morgan fingerprint density at radius 1 is 1.20 bits per heavy atom. The smallest absolute Gasteiger partial charge is 0.156 e. The molecule has 4 heterocycles. The fourth-order valence-electron chi connectivity index (χ4n) is 4.68. The number of anilines is 1. The third-order valence-corrected chi connectivity index (χ3v) is 8.96. The van der Waals surface area contributed by atoms with Crippen LogP contribution in [0.4, 0.5) is 5.82 Å².